The van der Waals surface area contributed by atoms with Crippen LogP contribution in [0.5, 0.6) is 11.5 Å². The highest BCUT2D eigenvalue weighted by Gasteiger charge is 2.26. The predicted molar refractivity (Wildman–Crippen MR) is 124 cm³/mol. The zero-order chi connectivity index (χ0) is 21.5. The van der Waals surface area contributed by atoms with Crippen LogP contribution in [0.15, 0.2) is 60.7 Å². The average Bonchev–Trinajstić information content (AvgIpc) is 2.74. The molecule has 3 rings (SSSR count). The molecule has 0 aliphatic rings. The van der Waals surface area contributed by atoms with Crippen LogP contribution in [-0.2, 0) is 9.47 Å². The number of para-hydroxylation sites is 2. The molecule has 0 atom stereocenters. The van der Waals surface area contributed by atoms with Crippen LogP contribution >= 0.6 is 7.92 Å². The normalized spacial score (nSPS) is 11.0. The molecule has 0 amide bonds. The first-order valence-electron chi connectivity index (χ1n) is 9.86. The maximum Gasteiger partial charge on any atom is 0.188 e. The summed E-state index contributed by atoms with van der Waals surface area (Å²) >= 11 is 0. The summed E-state index contributed by atoms with van der Waals surface area (Å²) in [5, 5.41) is 3.58. The maximum atomic E-state index is 5.96. The molecule has 0 spiro atoms. The van der Waals surface area contributed by atoms with Crippen molar-refractivity contribution in [3.63, 3.8) is 0 Å². The Morgan fingerprint density at radius 3 is 1.53 bits per heavy atom. The molecule has 0 aromatic heterocycles. The van der Waals surface area contributed by atoms with Crippen molar-refractivity contribution in [1.82, 2.24) is 0 Å². The maximum absolute atomic E-state index is 5.96. The molecule has 0 heterocycles. The molecule has 0 N–H and O–H groups in total. The number of methoxy groups -OCH3 is 2. The molecular formula is C25H29O4P. The zero-order valence-corrected chi connectivity index (χ0v) is 19.2. The van der Waals surface area contributed by atoms with Gasteiger partial charge in [0.15, 0.2) is 13.6 Å². The van der Waals surface area contributed by atoms with E-state index in [1.807, 2.05) is 24.3 Å². The number of rotatable bonds is 9. The van der Waals surface area contributed by atoms with Gasteiger partial charge in [0, 0.05) is 24.8 Å². The number of ether oxygens (including phenoxy) is 4. The largest absolute Gasteiger partial charge is 0.467 e. The Kier molecular flexibility index (Phi) is 7.87. The molecule has 0 fully saturated rings. The summed E-state index contributed by atoms with van der Waals surface area (Å²) in [5.74, 6) is 1.65. The second kappa shape index (κ2) is 10.6. The lowest BCUT2D eigenvalue weighted by atomic mass is 10.1. The smallest absolute Gasteiger partial charge is 0.188 e. The van der Waals surface area contributed by atoms with Crippen LogP contribution in [0.3, 0.4) is 0 Å². The van der Waals surface area contributed by atoms with Crippen molar-refractivity contribution in [3.8, 4) is 11.5 Å². The summed E-state index contributed by atoms with van der Waals surface area (Å²) < 4.78 is 22.3. The van der Waals surface area contributed by atoms with E-state index in [2.05, 4.69) is 57.2 Å². The van der Waals surface area contributed by atoms with Crippen LogP contribution in [0, 0.1) is 20.8 Å². The van der Waals surface area contributed by atoms with Gasteiger partial charge in [-0.2, -0.15) is 0 Å². The van der Waals surface area contributed by atoms with Crippen molar-refractivity contribution >= 4 is 23.8 Å². The molecule has 0 saturated heterocycles. The number of benzene rings is 3. The molecular weight excluding hydrogens is 395 g/mol. The van der Waals surface area contributed by atoms with Gasteiger partial charge in [0.05, 0.1) is 0 Å². The van der Waals surface area contributed by atoms with E-state index in [0.29, 0.717) is 0 Å². The fourth-order valence-corrected chi connectivity index (χ4v) is 6.43. The van der Waals surface area contributed by atoms with Crippen molar-refractivity contribution in [3.05, 3.63) is 77.4 Å². The van der Waals surface area contributed by atoms with Gasteiger partial charge in [-0.25, -0.2) is 0 Å². The third kappa shape index (κ3) is 5.02. The first kappa shape index (κ1) is 22.3. The molecule has 5 heteroatoms. The van der Waals surface area contributed by atoms with Gasteiger partial charge in [-0.1, -0.05) is 54.1 Å². The minimum atomic E-state index is -0.936. The Balaban J connectivity index is 2.25. The SMILES string of the molecule is COCOc1ccccc1P(c1ccccc1OCOC)c1c(C)cc(C)cc1C. The van der Waals surface area contributed by atoms with E-state index < -0.39 is 7.92 Å². The van der Waals surface area contributed by atoms with Gasteiger partial charge >= 0.3 is 0 Å². The van der Waals surface area contributed by atoms with E-state index in [1.54, 1.807) is 14.2 Å². The molecule has 4 nitrogen and oxygen atoms in total. The van der Waals surface area contributed by atoms with Crippen molar-refractivity contribution in [1.29, 1.82) is 0 Å². The molecule has 158 valence electrons. The van der Waals surface area contributed by atoms with E-state index in [-0.39, 0.29) is 13.6 Å². The lowest BCUT2D eigenvalue weighted by Crippen LogP contribution is -2.27. The van der Waals surface area contributed by atoms with Gasteiger partial charge in [-0.15, -0.1) is 0 Å². The van der Waals surface area contributed by atoms with E-state index >= 15 is 0 Å². The average molecular weight is 424 g/mol. The molecule has 3 aromatic carbocycles. The van der Waals surface area contributed by atoms with Gasteiger partial charge in [-0.05, 0) is 57.3 Å². The number of aryl methyl sites for hydroxylation is 3. The standard InChI is InChI=1S/C25H29O4P/c1-18-14-19(2)25(20(3)15-18)30(23-12-8-6-10-21(23)28-16-26-4)24-13-9-7-11-22(24)29-17-27-5/h6-15H,16-17H2,1-5H3. The minimum Gasteiger partial charge on any atom is -0.467 e. The lowest BCUT2D eigenvalue weighted by Gasteiger charge is -2.27. The Morgan fingerprint density at radius 1 is 0.667 bits per heavy atom. The lowest BCUT2D eigenvalue weighted by molar-refractivity contribution is 0.0519. The number of hydrogen-bond donors (Lipinski definition) is 0. The highest BCUT2D eigenvalue weighted by Crippen LogP contribution is 2.41. The molecule has 3 aromatic rings. The Hall–Kier alpha value is -2.39. The fourth-order valence-electron chi connectivity index (χ4n) is 3.67. The van der Waals surface area contributed by atoms with Crippen LogP contribution in [0.4, 0.5) is 0 Å². The first-order chi connectivity index (χ1) is 14.6. The molecule has 0 bridgehead atoms. The minimum absolute atomic E-state index is 0.202. The third-order valence-corrected chi connectivity index (χ3v) is 7.59. The summed E-state index contributed by atoms with van der Waals surface area (Å²) in [5.41, 5.74) is 3.79. The predicted octanol–water partition coefficient (Wildman–Crippen LogP) is 4.34. The fraction of sp³-hybridized carbons (Fsp3) is 0.280. The summed E-state index contributed by atoms with van der Waals surface area (Å²) in [6, 6.07) is 20.9. The van der Waals surface area contributed by atoms with Crippen molar-refractivity contribution in [2.45, 2.75) is 20.8 Å². The van der Waals surface area contributed by atoms with E-state index in [1.165, 1.54) is 22.0 Å². The summed E-state index contributed by atoms with van der Waals surface area (Å²) in [7, 11) is 2.33. The molecule has 0 aliphatic carbocycles. The van der Waals surface area contributed by atoms with Crippen LogP contribution in [-0.4, -0.2) is 27.8 Å². The quantitative estimate of drug-likeness (QED) is 0.378. The molecule has 0 aliphatic heterocycles. The summed E-state index contributed by atoms with van der Waals surface area (Å²) in [6.07, 6.45) is 0. The van der Waals surface area contributed by atoms with Gasteiger partial charge in [0.2, 0.25) is 0 Å². The molecule has 0 unspecified atom stereocenters. The first-order valence-corrected chi connectivity index (χ1v) is 11.2. The second-order valence-corrected chi connectivity index (χ2v) is 9.20. The Morgan fingerprint density at radius 2 is 1.10 bits per heavy atom. The van der Waals surface area contributed by atoms with Crippen LogP contribution in [0.2, 0.25) is 0 Å². The Bertz CT molecular complexity index is 912. The van der Waals surface area contributed by atoms with E-state index in [4.69, 9.17) is 18.9 Å². The second-order valence-electron chi connectivity index (χ2n) is 7.12. The van der Waals surface area contributed by atoms with Gasteiger partial charge < -0.3 is 18.9 Å². The highest BCUT2D eigenvalue weighted by molar-refractivity contribution is 7.80. The summed E-state index contributed by atoms with van der Waals surface area (Å²) in [4.78, 5) is 0. The summed E-state index contributed by atoms with van der Waals surface area (Å²) in [6.45, 7) is 6.91. The molecule has 0 saturated carbocycles. The van der Waals surface area contributed by atoms with E-state index in [9.17, 15) is 0 Å². The van der Waals surface area contributed by atoms with Crippen LogP contribution in [0.1, 0.15) is 16.7 Å². The van der Waals surface area contributed by atoms with Crippen LogP contribution < -0.4 is 25.4 Å². The highest BCUT2D eigenvalue weighted by atomic mass is 31.1. The van der Waals surface area contributed by atoms with Gasteiger partial charge in [-0.3, -0.25) is 0 Å². The van der Waals surface area contributed by atoms with Crippen LogP contribution in [0.25, 0.3) is 0 Å². The van der Waals surface area contributed by atoms with Crippen molar-refractivity contribution in [2.24, 2.45) is 0 Å². The van der Waals surface area contributed by atoms with Gasteiger partial charge in [0.1, 0.15) is 11.5 Å². The Labute approximate surface area is 180 Å². The van der Waals surface area contributed by atoms with Crippen molar-refractivity contribution < 1.29 is 18.9 Å². The monoisotopic (exact) mass is 424 g/mol. The number of hydrogen-bond acceptors (Lipinski definition) is 4. The van der Waals surface area contributed by atoms with E-state index in [0.717, 1.165) is 22.1 Å². The topological polar surface area (TPSA) is 36.9 Å². The molecule has 0 radical (unpaired) electrons. The molecule has 30 heavy (non-hydrogen) atoms. The van der Waals surface area contributed by atoms with Gasteiger partial charge in [0.25, 0.3) is 0 Å². The van der Waals surface area contributed by atoms with Crippen molar-refractivity contribution in [2.75, 3.05) is 27.8 Å². The zero-order valence-electron chi connectivity index (χ0n) is 18.3. The third-order valence-electron chi connectivity index (χ3n) is 4.74.